The van der Waals surface area contributed by atoms with Crippen molar-refractivity contribution in [2.45, 2.75) is 18.9 Å². The van der Waals surface area contributed by atoms with Gasteiger partial charge in [-0.2, -0.15) is 0 Å². The molecule has 20 heavy (non-hydrogen) atoms. The number of hydrogen-bond acceptors (Lipinski definition) is 5. The Hall–Kier alpha value is -2.21. The molecular weight excluding hydrogens is 258 g/mol. The summed E-state index contributed by atoms with van der Waals surface area (Å²) in [6.07, 6.45) is 1.53. The zero-order valence-electron chi connectivity index (χ0n) is 10.8. The highest BCUT2D eigenvalue weighted by Crippen LogP contribution is 2.27. The smallest absolute Gasteiger partial charge is 0.270 e. The average molecular weight is 273 g/mol. The zero-order chi connectivity index (χ0) is 14.1. The van der Waals surface area contributed by atoms with E-state index in [1.54, 1.807) is 6.07 Å². The van der Waals surface area contributed by atoms with Gasteiger partial charge in [0.05, 0.1) is 16.5 Å². The summed E-state index contributed by atoms with van der Waals surface area (Å²) in [4.78, 5) is 14.7. The number of aromatic nitrogens is 1. The molecule has 0 bridgehead atoms. The van der Waals surface area contributed by atoms with E-state index in [9.17, 15) is 15.2 Å². The van der Waals surface area contributed by atoms with Crippen LogP contribution < -0.4 is 5.32 Å². The van der Waals surface area contributed by atoms with Crippen molar-refractivity contribution in [3.63, 3.8) is 0 Å². The van der Waals surface area contributed by atoms with Crippen LogP contribution in [0, 0.1) is 16.0 Å². The number of benzene rings is 1. The fraction of sp³-hybridized carbons (Fsp3) is 0.357. The number of pyridine rings is 1. The summed E-state index contributed by atoms with van der Waals surface area (Å²) >= 11 is 0. The number of rotatable bonds is 4. The van der Waals surface area contributed by atoms with Gasteiger partial charge in [0.2, 0.25) is 0 Å². The lowest BCUT2D eigenvalue weighted by Crippen LogP contribution is -2.33. The monoisotopic (exact) mass is 273 g/mol. The zero-order valence-corrected chi connectivity index (χ0v) is 10.8. The highest BCUT2D eigenvalue weighted by Gasteiger charge is 2.26. The Morgan fingerprint density at radius 1 is 1.35 bits per heavy atom. The molecule has 2 N–H and O–H groups in total. The number of aliphatic hydroxyl groups excluding tert-OH is 1. The van der Waals surface area contributed by atoms with E-state index in [0.717, 1.165) is 36.1 Å². The topological polar surface area (TPSA) is 88.3 Å². The first-order valence-corrected chi connectivity index (χ1v) is 6.59. The number of hydrogen-bond donors (Lipinski definition) is 2. The normalized spacial score (nSPS) is 21.4. The van der Waals surface area contributed by atoms with Crippen LogP contribution in [0.25, 0.3) is 10.9 Å². The number of aliphatic hydroxyl groups is 1. The van der Waals surface area contributed by atoms with Crippen LogP contribution in [0.3, 0.4) is 0 Å². The standard InChI is InChI=1S/C14H15N3O3/c18-12-5-9(6-12)8-15-14-4-1-10-7-11(17(19)20)2-3-13(10)16-14/h1-4,7,9,12,18H,5-6,8H2,(H,15,16). The molecule has 0 aliphatic heterocycles. The summed E-state index contributed by atoms with van der Waals surface area (Å²) in [5, 5.41) is 23.9. The Morgan fingerprint density at radius 2 is 2.15 bits per heavy atom. The van der Waals surface area contributed by atoms with Gasteiger partial charge >= 0.3 is 0 Å². The van der Waals surface area contributed by atoms with E-state index < -0.39 is 4.92 Å². The minimum absolute atomic E-state index is 0.0727. The molecule has 6 heteroatoms. The van der Waals surface area contributed by atoms with Crippen LogP contribution in [-0.2, 0) is 0 Å². The van der Waals surface area contributed by atoms with Gasteiger partial charge in [0, 0.05) is 24.1 Å². The Kier molecular flexibility index (Phi) is 3.23. The van der Waals surface area contributed by atoms with Crippen LogP contribution in [0.4, 0.5) is 11.5 Å². The van der Waals surface area contributed by atoms with E-state index in [2.05, 4.69) is 10.3 Å². The van der Waals surface area contributed by atoms with Gasteiger partial charge in [0.1, 0.15) is 5.82 Å². The summed E-state index contributed by atoms with van der Waals surface area (Å²) < 4.78 is 0. The number of nitrogens with zero attached hydrogens (tertiary/aromatic N) is 2. The summed E-state index contributed by atoms with van der Waals surface area (Å²) in [7, 11) is 0. The highest BCUT2D eigenvalue weighted by molar-refractivity contribution is 5.82. The maximum absolute atomic E-state index is 10.7. The molecule has 3 rings (SSSR count). The third-order valence-electron chi connectivity index (χ3n) is 3.67. The van der Waals surface area contributed by atoms with Crippen molar-refractivity contribution in [2.24, 2.45) is 5.92 Å². The molecule has 1 aliphatic carbocycles. The summed E-state index contributed by atoms with van der Waals surface area (Å²) in [5.41, 5.74) is 0.803. The van der Waals surface area contributed by atoms with Crippen LogP contribution >= 0.6 is 0 Å². The first-order valence-electron chi connectivity index (χ1n) is 6.59. The van der Waals surface area contributed by atoms with Crippen LogP contribution in [0.15, 0.2) is 30.3 Å². The van der Waals surface area contributed by atoms with E-state index in [0.29, 0.717) is 5.92 Å². The Morgan fingerprint density at radius 3 is 2.85 bits per heavy atom. The van der Waals surface area contributed by atoms with Gasteiger partial charge in [-0.05, 0) is 37.0 Å². The van der Waals surface area contributed by atoms with Crippen molar-refractivity contribution in [2.75, 3.05) is 11.9 Å². The molecule has 0 saturated heterocycles. The molecule has 1 aliphatic rings. The SMILES string of the molecule is O=[N+]([O-])c1ccc2nc(NCC3CC(O)C3)ccc2c1. The van der Waals surface area contributed by atoms with Gasteiger partial charge in [-0.1, -0.05) is 0 Å². The fourth-order valence-electron chi connectivity index (χ4n) is 2.44. The van der Waals surface area contributed by atoms with Crippen molar-refractivity contribution in [3.05, 3.63) is 40.4 Å². The van der Waals surface area contributed by atoms with Crippen molar-refractivity contribution in [1.82, 2.24) is 4.98 Å². The van der Waals surface area contributed by atoms with Crippen LogP contribution in [0.2, 0.25) is 0 Å². The molecule has 1 saturated carbocycles. The summed E-state index contributed by atoms with van der Waals surface area (Å²) in [6, 6.07) is 8.29. The van der Waals surface area contributed by atoms with Gasteiger partial charge in [-0.25, -0.2) is 4.98 Å². The number of anilines is 1. The Balaban J connectivity index is 1.73. The Bertz CT molecular complexity index is 653. The highest BCUT2D eigenvalue weighted by atomic mass is 16.6. The molecule has 1 heterocycles. The predicted molar refractivity (Wildman–Crippen MR) is 75.6 cm³/mol. The first kappa shape index (κ1) is 12.8. The van der Waals surface area contributed by atoms with Crippen LogP contribution in [0.5, 0.6) is 0 Å². The van der Waals surface area contributed by atoms with Gasteiger partial charge in [0.15, 0.2) is 0 Å². The molecule has 1 aromatic heterocycles. The lowest BCUT2D eigenvalue weighted by atomic mass is 9.82. The molecule has 0 unspecified atom stereocenters. The molecule has 0 radical (unpaired) electrons. The fourth-order valence-corrected chi connectivity index (χ4v) is 2.44. The number of nitro groups is 1. The number of non-ortho nitro benzene ring substituents is 1. The lowest BCUT2D eigenvalue weighted by Gasteiger charge is -2.31. The number of nitro benzene ring substituents is 1. The van der Waals surface area contributed by atoms with Gasteiger partial charge in [-0.3, -0.25) is 10.1 Å². The molecular formula is C14H15N3O3. The minimum atomic E-state index is -0.409. The van der Waals surface area contributed by atoms with Gasteiger partial charge in [0.25, 0.3) is 5.69 Å². The van der Waals surface area contributed by atoms with Crippen LogP contribution in [0.1, 0.15) is 12.8 Å². The molecule has 2 aromatic rings. The second-order valence-electron chi connectivity index (χ2n) is 5.20. The van der Waals surface area contributed by atoms with Crippen molar-refractivity contribution < 1.29 is 10.0 Å². The number of nitrogens with one attached hydrogen (secondary N) is 1. The average Bonchev–Trinajstić information content (AvgIpc) is 2.41. The first-order chi connectivity index (χ1) is 9.61. The quantitative estimate of drug-likeness (QED) is 0.659. The second kappa shape index (κ2) is 5.05. The van der Waals surface area contributed by atoms with Crippen molar-refractivity contribution in [3.8, 4) is 0 Å². The molecule has 0 atom stereocenters. The molecule has 1 fully saturated rings. The lowest BCUT2D eigenvalue weighted by molar-refractivity contribution is -0.384. The van der Waals surface area contributed by atoms with Crippen molar-refractivity contribution in [1.29, 1.82) is 0 Å². The molecule has 1 aromatic carbocycles. The van der Waals surface area contributed by atoms with Gasteiger partial charge < -0.3 is 10.4 Å². The van der Waals surface area contributed by atoms with E-state index in [1.807, 2.05) is 12.1 Å². The largest absolute Gasteiger partial charge is 0.393 e. The van der Waals surface area contributed by atoms with E-state index in [1.165, 1.54) is 12.1 Å². The maximum Gasteiger partial charge on any atom is 0.270 e. The second-order valence-corrected chi connectivity index (χ2v) is 5.20. The summed E-state index contributed by atoms with van der Waals surface area (Å²) in [5.74, 6) is 1.26. The molecule has 0 amide bonds. The third-order valence-corrected chi connectivity index (χ3v) is 3.67. The Labute approximate surface area is 115 Å². The molecule has 6 nitrogen and oxygen atoms in total. The number of fused-ring (bicyclic) bond motifs is 1. The molecule has 104 valence electrons. The third kappa shape index (κ3) is 2.55. The van der Waals surface area contributed by atoms with Crippen LogP contribution in [-0.4, -0.2) is 27.7 Å². The summed E-state index contributed by atoms with van der Waals surface area (Å²) in [6.45, 7) is 0.794. The minimum Gasteiger partial charge on any atom is -0.393 e. The van der Waals surface area contributed by atoms with Crippen molar-refractivity contribution >= 4 is 22.4 Å². The van der Waals surface area contributed by atoms with E-state index in [-0.39, 0.29) is 11.8 Å². The van der Waals surface area contributed by atoms with Gasteiger partial charge in [-0.15, -0.1) is 0 Å². The van der Waals surface area contributed by atoms with E-state index >= 15 is 0 Å². The van der Waals surface area contributed by atoms with E-state index in [4.69, 9.17) is 0 Å². The predicted octanol–water partition coefficient (Wildman–Crippen LogP) is 2.33. The maximum atomic E-state index is 10.7. The molecule has 0 spiro atoms.